The second kappa shape index (κ2) is 11.2. The highest BCUT2D eigenvalue weighted by molar-refractivity contribution is 6.50. The van der Waals surface area contributed by atoms with Gasteiger partial charge in [0.05, 0.1) is 0 Å². The van der Waals surface area contributed by atoms with Gasteiger partial charge in [0, 0.05) is 65.7 Å². The molecule has 0 aliphatic heterocycles. The van der Waals surface area contributed by atoms with Crippen LogP contribution in [0, 0.1) is 13.8 Å². The topological polar surface area (TPSA) is 29.7 Å². The minimum absolute atomic E-state index is 1.07. The molecule has 0 spiro atoms. The van der Waals surface area contributed by atoms with E-state index in [2.05, 4.69) is 107 Å². The second-order valence-electron chi connectivity index (χ2n) is 8.52. The molecular weight excluding hydrogens is 477 g/mol. The van der Waals surface area contributed by atoms with Gasteiger partial charge in [-0.15, -0.1) is 0 Å². The van der Waals surface area contributed by atoms with Crippen LogP contribution in [0.5, 0.6) is 0 Å². The van der Waals surface area contributed by atoms with Crippen LogP contribution in [0.2, 0.25) is 0 Å². The maximum atomic E-state index is 9.75. The zero-order valence-corrected chi connectivity index (χ0v) is 20.3. The smallest absolute Gasteiger partial charge is 0.418 e. The summed E-state index contributed by atoms with van der Waals surface area (Å²) in [6.45, 7) is 4.23. The summed E-state index contributed by atoms with van der Waals surface area (Å²) < 4.78 is 41.3. The number of hydrogen-bond acceptors (Lipinski definition) is 2. The normalized spacial score (nSPS) is 11.0. The van der Waals surface area contributed by atoms with Crippen molar-refractivity contribution in [3.05, 3.63) is 121 Å². The van der Waals surface area contributed by atoms with Crippen molar-refractivity contribution in [3.63, 3.8) is 0 Å². The van der Waals surface area contributed by atoms with Gasteiger partial charge in [-0.3, -0.25) is 9.97 Å². The summed E-state index contributed by atoms with van der Waals surface area (Å²) in [6.07, 6.45) is 7.42. The third-order valence-electron chi connectivity index (χ3n) is 5.68. The van der Waals surface area contributed by atoms with Crippen molar-refractivity contribution in [2.24, 2.45) is 0 Å². The van der Waals surface area contributed by atoms with E-state index in [4.69, 9.17) is 0 Å². The molecule has 186 valence electrons. The van der Waals surface area contributed by atoms with Crippen LogP contribution < -0.4 is 4.57 Å². The van der Waals surface area contributed by atoms with Gasteiger partial charge in [-0.1, -0.05) is 41.5 Å². The molecule has 0 fully saturated rings. The summed E-state index contributed by atoms with van der Waals surface area (Å²) in [7, 11) is -6.00. The highest BCUT2D eigenvalue weighted by atomic mass is 19.5. The number of nitrogens with zero attached hydrogens (tertiary/aromatic N) is 3. The first-order chi connectivity index (χ1) is 17.7. The van der Waals surface area contributed by atoms with E-state index in [9.17, 15) is 17.3 Å². The fraction of sp³-hybridized carbons (Fsp3) is 0.0690. The maximum Gasteiger partial charge on any atom is 0.673 e. The van der Waals surface area contributed by atoms with Crippen LogP contribution in [0.4, 0.5) is 17.3 Å². The van der Waals surface area contributed by atoms with Crippen molar-refractivity contribution >= 4 is 7.25 Å². The van der Waals surface area contributed by atoms with Gasteiger partial charge in [0.15, 0.2) is 0 Å². The molecule has 2 aromatic carbocycles. The molecule has 3 aromatic heterocycles. The van der Waals surface area contributed by atoms with Gasteiger partial charge in [0.1, 0.15) is 0 Å². The molecule has 0 saturated heterocycles. The first-order valence-corrected chi connectivity index (χ1v) is 11.6. The fourth-order valence-corrected chi connectivity index (χ4v) is 3.94. The van der Waals surface area contributed by atoms with Crippen molar-refractivity contribution in [3.8, 4) is 39.3 Å². The third kappa shape index (κ3) is 6.88. The van der Waals surface area contributed by atoms with Crippen molar-refractivity contribution in [2.45, 2.75) is 13.8 Å². The predicted molar refractivity (Wildman–Crippen MR) is 140 cm³/mol. The highest BCUT2D eigenvalue weighted by Gasteiger charge is 2.25. The molecule has 5 aromatic rings. The monoisotopic (exact) mass is 501 g/mol. The van der Waals surface area contributed by atoms with Crippen molar-refractivity contribution < 1.29 is 21.8 Å². The summed E-state index contributed by atoms with van der Waals surface area (Å²) in [5, 5.41) is 0. The Morgan fingerprint density at radius 3 is 1.49 bits per heavy atom. The van der Waals surface area contributed by atoms with E-state index in [0.29, 0.717) is 0 Å². The lowest BCUT2D eigenvalue weighted by Crippen LogP contribution is -2.36. The third-order valence-corrected chi connectivity index (χ3v) is 5.68. The molecule has 0 atom stereocenters. The summed E-state index contributed by atoms with van der Waals surface area (Å²) in [5.41, 5.74) is 10.3. The van der Waals surface area contributed by atoms with Crippen molar-refractivity contribution in [1.29, 1.82) is 0 Å². The number of hydrogen-bond donors (Lipinski definition) is 0. The lowest BCUT2D eigenvalue weighted by Gasteiger charge is -2.12. The van der Waals surface area contributed by atoms with Crippen molar-refractivity contribution in [1.82, 2.24) is 9.97 Å². The lowest BCUT2D eigenvalue weighted by atomic mass is 9.98. The Bertz CT molecular complexity index is 1380. The van der Waals surface area contributed by atoms with Gasteiger partial charge in [-0.05, 0) is 49.7 Å². The first-order valence-electron chi connectivity index (χ1n) is 11.6. The van der Waals surface area contributed by atoms with Crippen LogP contribution in [0.1, 0.15) is 11.1 Å². The Morgan fingerprint density at radius 2 is 1.05 bits per heavy atom. The zero-order chi connectivity index (χ0) is 26.4. The van der Waals surface area contributed by atoms with E-state index in [1.807, 2.05) is 30.9 Å². The number of pyridine rings is 3. The van der Waals surface area contributed by atoms with Gasteiger partial charge >= 0.3 is 7.25 Å². The Labute approximate surface area is 213 Å². The quantitative estimate of drug-likeness (QED) is 0.144. The van der Waals surface area contributed by atoms with E-state index in [-0.39, 0.29) is 0 Å². The molecule has 3 heterocycles. The maximum absolute atomic E-state index is 9.75. The number of aryl methyl sites for hydroxylation is 2. The average Bonchev–Trinajstić information content (AvgIpc) is 2.89. The van der Waals surface area contributed by atoms with Crippen LogP contribution >= 0.6 is 0 Å². The Hall–Kier alpha value is -4.33. The van der Waals surface area contributed by atoms with Crippen molar-refractivity contribution in [2.75, 3.05) is 0 Å². The molecule has 3 nitrogen and oxygen atoms in total. The van der Waals surface area contributed by atoms with E-state index in [1.165, 1.54) is 11.1 Å². The Morgan fingerprint density at radius 1 is 0.568 bits per heavy atom. The molecule has 37 heavy (non-hydrogen) atoms. The number of benzene rings is 2. The van der Waals surface area contributed by atoms with E-state index in [1.54, 1.807) is 0 Å². The average molecular weight is 501 g/mol. The van der Waals surface area contributed by atoms with Crippen LogP contribution in [0.25, 0.3) is 39.3 Å². The van der Waals surface area contributed by atoms with Gasteiger partial charge in [0.25, 0.3) is 0 Å². The molecule has 5 rings (SSSR count). The Kier molecular flexibility index (Phi) is 7.77. The number of rotatable bonds is 4. The molecule has 0 bridgehead atoms. The number of aromatic nitrogens is 3. The summed E-state index contributed by atoms with van der Waals surface area (Å²) in [5.74, 6) is 0. The minimum atomic E-state index is -6.00. The van der Waals surface area contributed by atoms with E-state index < -0.39 is 7.25 Å². The molecule has 0 aliphatic carbocycles. The molecule has 0 radical (unpaired) electrons. The van der Waals surface area contributed by atoms with Gasteiger partial charge in [0.2, 0.25) is 17.1 Å². The Balaban J connectivity index is 0.000000586. The largest absolute Gasteiger partial charge is 0.673 e. The summed E-state index contributed by atoms with van der Waals surface area (Å²) in [6, 6.07) is 30.1. The minimum Gasteiger partial charge on any atom is -0.418 e. The number of halogens is 4. The second-order valence-corrected chi connectivity index (χ2v) is 8.52. The van der Waals surface area contributed by atoms with E-state index >= 15 is 0 Å². The summed E-state index contributed by atoms with van der Waals surface area (Å²) >= 11 is 0. The standard InChI is InChI=1S/C29H24N3.BF4/c1-21-5-9-23(10-6-21)28-18-26(25-4-3-15-31-20-25)19-29(24-11-7-22(2)8-12-24)32(28)27-13-16-30-17-14-27;2-1(3,4)5/h3-20H,1-2H3;/q+1;-1. The molecular formula is C29H24BF4N3. The molecule has 0 amide bonds. The molecule has 0 N–H and O–H groups in total. The zero-order valence-electron chi connectivity index (χ0n) is 20.3. The van der Waals surface area contributed by atoms with Gasteiger partial charge in [-0.2, -0.15) is 4.57 Å². The van der Waals surface area contributed by atoms with Crippen LogP contribution in [0.3, 0.4) is 0 Å². The fourth-order valence-electron chi connectivity index (χ4n) is 3.94. The molecule has 0 saturated carbocycles. The van der Waals surface area contributed by atoms with Crippen LogP contribution in [-0.2, 0) is 0 Å². The highest BCUT2D eigenvalue weighted by Crippen LogP contribution is 2.30. The SMILES string of the molecule is Cc1ccc(-c2cc(-c3cccnc3)cc(-c3ccc(C)cc3)[n+]2-c2ccncc2)cc1.F[B-](F)(F)F. The van der Waals surface area contributed by atoms with E-state index in [0.717, 1.165) is 39.3 Å². The van der Waals surface area contributed by atoms with Gasteiger partial charge in [-0.25, -0.2) is 0 Å². The van der Waals surface area contributed by atoms with Crippen LogP contribution in [0.15, 0.2) is 110 Å². The molecule has 8 heteroatoms. The first kappa shape index (κ1) is 25.8. The molecule has 0 aliphatic rings. The van der Waals surface area contributed by atoms with Gasteiger partial charge < -0.3 is 17.3 Å². The molecule has 0 unspecified atom stereocenters. The van der Waals surface area contributed by atoms with Crippen LogP contribution in [-0.4, -0.2) is 17.2 Å². The summed E-state index contributed by atoms with van der Waals surface area (Å²) in [4.78, 5) is 8.60. The predicted octanol–water partition coefficient (Wildman–Crippen LogP) is 7.67. The lowest BCUT2D eigenvalue weighted by molar-refractivity contribution is -0.572.